The molecule has 0 radical (unpaired) electrons. The summed E-state index contributed by atoms with van der Waals surface area (Å²) in [7, 11) is 0. The third-order valence-electron chi connectivity index (χ3n) is 1.93. The van der Waals surface area contributed by atoms with Gasteiger partial charge in [0.2, 0.25) is 0 Å². The largest absolute Gasteiger partial charge is 0.300 e. The molecule has 0 aliphatic heterocycles. The van der Waals surface area contributed by atoms with Gasteiger partial charge >= 0.3 is 0 Å². The summed E-state index contributed by atoms with van der Waals surface area (Å²) in [4.78, 5) is 22.2. The summed E-state index contributed by atoms with van der Waals surface area (Å²) in [5.41, 5.74) is -0.155. The van der Waals surface area contributed by atoms with E-state index in [-0.39, 0.29) is 17.0 Å². The van der Waals surface area contributed by atoms with Crippen molar-refractivity contribution >= 4 is 11.6 Å². The molecule has 2 nitrogen and oxygen atoms in total. The molecule has 0 aliphatic carbocycles. The van der Waals surface area contributed by atoms with Crippen LogP contribution in [-0.4, -0.2) is 11.6 Å². The lowest BCUT2D eigenvalue weighted by atomic mass is 9.82. The van der Waals surface area contributed by atoms with Crippen molar-refractivity contribution in [3.05, 3.63) is 0 Å². The van der Waals surface area contributed by atoms with Crippen molar-refractivity contribution in [2.45, 2.75) is 73.6 Å². The van der Waals surface area contributed by atoms with Crippen LogP contribution in [0.25, 0.3) is 0 Å². The Bertz CT molecular complexity index is 205. The molecular formula is C14H28O2. The number of carbonyl (C=O) groups excluding carboxylic acids is 2. The van der Waals surface area contributed by atoms with Gasteiger partial charge in [0.25, 0.3) is 0 Å². The van der Waals surface area contributed by atoms with Crippen molar-refractivity contribution in [2.75, 3.05) is 0 Å². The number of hydrogen-bond donors (Lipinski definition) is 0. The normalized spacial score (nSPS) is 10.4. The van der Waals surface area contributed by atoms with Gasteiger partial charge in [-0.25, -0.2) is 0 Å². The molecule has 0 saturated carbocycles. The van der Waals surface area contributed by atoms with Crippen LogP contribution in [0.4, 0.5) is 0 Å². The first-order valence-corrected chi connectivity index (χ1v) is 6.30. The predicted molar refractivity (Wildman–Crippen MR) is 69.6 cm³/mol. The van der Waals surface area contributed by atoms with E-state index in [1.807, 2.05) is 20.8 Å². The first kappa shape index (κ1) is 17.7. The van der Waals surface area contributed by atoms with Gasteiger partial charge in [-0.05, 0) is 18.8 Å². The fourth-order valence-electron chi connectivity index (χ4n) is 1.64. The van der Waals surface area contributed by atoms with E-state index in [0.717, 1.165) is 6.42 Å². The summed E-state index contributed by atoms with van der Waals surface area (Å²) >= 11 is 0. The zero-order valence-electron chi connectivity index (χ0n) is 11.9. The molecule has 0 amide bonds. The average Bonchev–Trinajstić information content (AvgIpc) is 2.00. The van der Waals surface area contributed by atoms with E-state index in [9.17, 15) is 9.59 Å². The molecule has 16 heavy (non-hydrogen) atoms. The van der Waals surface area contributed by atoms with Gasteiger partial charge in [0, 0.05) is 19.3 Å². The zero-order chi connectivity index (χ0) is 13.2. The highest BCUT2D eigenvalue weighted by Crippen LogP contribution is 2.26. The van der Waals surface area contributed by atoms with Crippen LogP contribution in [0.3, 0.4) is 0 Å². The fourth-order valence-corrected chi connectivity index (χ4v) is 1.64. The highest BCUT2D eigenvalue weighted by Gasteiger charge is 2.22. The van der Waals surface area contributed by atoms with Crippen LogP contribution in [0, 0.1) is 5.41 Å². The Kier molecular flexibility index (Phi) is 10.6. The average molecular weight is 228 g/mol. The molecule has 0 saturated heterocycles. The maximum absolute atomic E-state index is 11.3. The third-order valence-corrected chi connectivity index (χ3v) is 1.93. The first-order chi connectivity index (χ1) is 7.29. The highest BCUT2D eigenvalue weighted by molar-refractivity contribution is 5.81. The van der Waals surface area contributed by atoms with E-state index >= 15 is 0 Å². The standard InChI is InChI=1S/C11H20O2.C3H8/c1-5-6-10(13)8-11(3,4)7-9(2)12;1-3-2/h5-8H2,1-4H3;3H2,1-2H3. The van der Waals surface area contributed by atoms with Gasteiger partial charge in [-0.3, -0.25) is 4.79 Å². The Labute approximate surface area is 101 Å². The third kappa shape index (κ3) is 13.3. The smallest absolute Gasteiger partial charge is 0.133 e. The lowest BCUT2D eigenvalue weighted by Crippen LogP contribution is -2.19. The van der Waals surface area contributed by atoms with E-state index < -0.39 is 0 Å². The Morgan fingerprint density at radius 2 is 1.44 bits per heavy atom. The quantitative estimate of drug-likeness (QED) is 0.684. The maximum Gasteiger partial charge on any atom is 0.133 e. The van der Waals surface area contributed by atoms with Crippen molar-refractivity contribution in [2.24, 2.45) is 5.41 Å². The molecule has 0 rings (SSSR count). The molecule has 0 unspecified atom stereocenters. The van der Waals surface area contributed by atoms with Gasteiger partial charge in [0.1, 0.15) is 11.6 Å². The second kappa shape index (κ2) is 9.56. The molecule has 0 aromatic rings. The zero-order valence-corrected chi connectivity index (χ0v) is 11.9. The number of ketones is 2. The molecule has 0 aromatic heterocycles. The Balaban J connectivity index is 0. The second-order valence-electron chi connectivity index (χ2n) is 5.22. The van der Waals surface area contributed by atoms with Gasteiger partial charge in [-0.1, -0.05) is 41.0 Å². The van der Waals surface area contributed by atoms with Gasteiger partial charge in [0.15, 0.2) is 0 Å². The van der Waals surface area contributed by atoms with Crippen LogP contribution in [0.15, 0.2) is 0 Å². The molecule has 0 bridgehead atoms. The maximum atomic E-state index is 11.3. The molecule has 0 fully saturated rings. The van der Waals surface area contributed by atoms with Crippen molar-refractivity contribution < 1.29 is 9.59 Å². The SMILES string of the molecule is CCC.CCCC(=O)CC(C)(C)CC(C)=O. The van der Waals surface area contributed by atoms with Crippen LogP contribution < -0.4 is 0 Å². The lowest BCUT2D eigenvalue weighted by molar-refractivity contribution is -0.122. The molecule has 0 aliphatic rings. The Hall–Kier alpha value is -0.660. The molecule has 0 atom stereocenters. The van der Waals surface area contributed by atoms with Crippen molar-refractivity contribution in [1.82, 2.24) is 0 Å². The van der Waals surface area contributed by atoms with Crippen molar-refractivity contribution in [3.8, 4) is 0 Å². The highest BCUT2D eigenvalue weighted by atomic mass is 16.1. The van der Waals surface area contributed by atoms with Gasteiger partial charge in [-0.15, -0.1) is 0 Å². The van der Waals surface area contributed by atoms with Crippen LogP contribution in [0.1, 0.15) is 73.6 Å². The monoisotopic (exact) mass is 228 g/mol. The molecule has 0 aromatic carbocycles. The summed E-state index contributed by atoms with van der Waals surface area (Å²) in [5.74, 6) is 0.433. The Morgan fingerprint density at radius 1 is 1.00 bits per heavy atom. The summed E-state index contributed by atoms with van der Waals surface area (Å²) in [6.07, 6.45) is 3.82. The van der Waals surface area contributed by atoms with E-state index in [0.29, 0.717) is 19.3 Å². The number of hydrogen-bond acceptors (Lipinski definition) is 2. The number of rotatable bonds is 6. The fraction of sp³-hybridized carbons (Fsp3) is 0.857. The minimum atomic E-state index is -0.155. The van der Waals surface area contributed by atoms with E-state index in [1.54, 1.807) is 6.92 Å². The van der Waals surface area contributed by atoms with Crippen molar-refractivity contribution in [1.29, 1.82) is 0 Å². The number of carbonyl (C=O) groups is 2. The molecule has 2 heteroatoms. The van der Waals surface area contributed by atoms with Crippen LogP contribution in [0.2, 0.25) is 0 Å². The van der Waals surface area contributed by atoms with Crippen molar-refractivity contribution in [3.63, 3.8) is 0 Å². The first-order valence-electron chi connectivity index (χ1n) is 6.30. The van der Waals surface area contributed by atoms with Crippen LogP contribution in [0.5, 0.6) is 0 Å². The van der Waals surface area contributed by atoms with Gasteiger partial charge < -0.3 is 4.79 Å². The minimum Gasteiger partial charge on any atom is -0.300 e. The molecule has 96 valence electrons. The topological polar surface area (TPSA) is 34.1 Å². The van der Waals surface area contributed by atoms with Gasteiger partial charge in [0.05, 0.1) is 0 Å². The summed E-state index contributed by atoms with van der Waals surface area (Å²) < 4.78 is 0. The summed E-state index contributed by atoms with van der Waals surface area (Å²) in [6.45, 7) is 11.8. The van der Waals surface area contributed by atoms with E-state index in [4.69, 9.17) is 0 Å². The summed E-state index contributed by atoms with van der Waals surface area (Å²) in [6, 6.07) is 0. The van der Waals surface area contributed by atoms with E-state index in [2.05, 4.69) is 13.8 Å². The van der Waals surface area contributed by atoms with Crippen LogP contribution in [-0.2, 0) is 9.59 Å². The second-order valence-corrected chi connectivity index (χ2v) is 5.22. The number of Topliss-reactive ketones (excluding diaryl/α,β-unsaturated/α-hetero) is 2. The van der Waals surface area contributed by atoms with Crippen LogP contribution >= 0.6 is 0 Å². The Morgan fingerprint density at radius 3 is 1.75 bits per heavy atom. The molecule has 0 heterocycles. The van der Waals surface area contributed by atoms with Gasteiger partial charge in [-0.2, -0.15) is 0 Å². The molecule has 0 N–H and O–H groups in total. The van der Waals surface area contributed by atoms with E-state index in [1.165, 1.54) is 6.42 Å². The minimum absolute atomic E-state index is 0.155. The lowest BCUT2D eigenvalue weighted by Gasteiger charge is -2.21. The predicted octanol–water partition coefficient (Wildman–Crippen LogP) is 4.17. The molecule has 0 spiro atoms. The summed E-state index contributed by atoms with van der Waals surface area (Å²) in [5, 5.41) is 0. The molecular weight excluding hydrogens is 200 g/mol.